The van der Waals surface area contributed by atoms with E-state index in [1.807, 2.05) is 23.1 Å². The molecular formula is C25H26LiN3O4. The van der Waals surface area contributed by atoms with Gasteiger partial charge in [-0.05, 0) is 42.2 Å². The molecule has 33 heavy (non-hydrogen) atoms. The molecule has 0 spiro atoms. The van der Waals surface area contributed by atoms with Crippen LogP contribution in [0.1, 0.15) is 28.6 Å². The first-order valence-electron chi connectivity index (χ1n) is 11.1. The van der Waals surface area contributed by atoms with Crippen LogP contribution in [-0.4, -0.2) is 56.0 Å². The maximum atomic E-state index is 11.7. The molecule has 0 unspecified atom stereocenters. The summed E-state index contributed by atoms with van der Waals surface area (Å²) in [7, 11) is 0. The fourth-order valence-electron chi connectivity index (χ4n) is 4.83. The minimum absolute atomic E-state index is 0. The largest absolute Gasteiger partial charge is 1.00 e. The number of rotatable bonds is 5. The zero-order valence-corrected chi connectivity index (χ0v) is 19.2. The average Bonchev–Trinajstić information content (AvgIpc) is 3.42. The van der Waals surface area contributed by atoms with Gasteiger partial charge in [0.2, 0.25) is 5.91 Å². The van der Waals surface area contributed by atoms with E-state index in [0.29, 0.717) is 5.58 Å². The molecule has 5 rings (SSSR count). The van der Waals surface area contributed by atoms with E-state index in [4.69, 9.17) is 4.42 Å². The summed E-state index contributed by atoms with van der Waals surface area (Å²) in [5.74, 6) is -1.32. The van der Waals surface area contributed by atoms with Crippen molar-refractivity contribution in [3.63, 3.8) is 0 Å². The Bertz CT molecular complexity index is 1180. The van der Waals surface area contributed by atoms with E-state index < -0.39 is 5.97 Å². The topological polar surface area (TPSA) is 80.1 Å². The summed E-state index contributed by atoms with van der Waals surface area (Å²) in [5.41, 5.74) is 5.18. The molecule has 2 aliphatic heterocycles. The number of carboxylic acid groups (broad SMARTS) is 1. The second kappa shape index (κ2) is 9.64. The number of hydrogen-bond donors (Lipinski definition) is 0. The van der Waals surface area contributed by atoms with Crippen molar-refractivity contribution in [3.8, 4) is 0 Å². The predicted octanol–water partition coefficient (Wildman–Crippen LogP) is -0.926. The minimum Gasteiger partial charge on any atom is -0.542 e. The first kappa shape index (κ1) is 23.4. The van der Waals surface area contributed by atoms with Gasteiger partial charge in [-0.2, -0.15) is 0 Å². The van der Waals surface area contributed by atoms with E-state index in [9.17, 15) is 14.7 Å². The third kappa shape index (κ3) is 4.67. The van der Waals surface area contributed by atoms with Crippen LogP contribution in [0.2, 0.25) is 0 Å². The number of carboxylic acids is 1. The number of nitrogens with zero attached hydrogens (tertiary/aromatic N) is 3. The molecule has 3 aromatic rings. The second-order valence-corrected chi connectivity index (χ2v) is 8.56. The molecule has 0 bridgehead atoms. The predicted molar refractivity (Wildman–Crippen MR) is 121 cm³/mol. The fourth-order valence-corrected chi connectivity index (χ4v) is 4.83. The Labute approximate surface area is 205 Å². The number of para-hydroxylation sites is 1. The number of anilines is 2. The Balaban J connectivity index is 0.00000259. The van der Waals surface area contributed by atoms with Crippen LogP contribution in [-0.2, 0) is 17.6 Å². The maximum absolute atomic E-state index is 11.7. The van der Waals surface area contributed by atoms with Crippen LogP contribution in [0.3, 0.4) is 0 Å². The van der Waals surface area contributed by atoms with Crippen molar-refractivity contribution < 1.29 is 38.0 Å². The van der Waals surface area contributed by atoms with Gasteiger partial charge in [0, 0.05) is 57.3 Å². The van der Waals surface area contributed by atoms with Crippen molar-refractivity contribution in [2.24, 2.45) is 0 Å². The molecule has 2 aromatic carbocycles. The van der Waals surface area contributed by atoms with E-state index in [1.165, 1.54) is 17.2 Å². The number of piperazine rings is 1. The standard InChI is InChI=1S/C25H27N3O4.Li/c1-17(29)28-10-8-19-15-18(5-6-21(19)28)7-9-26-11-13-27(14-12-26)22-4-2-3-20-16-23(25(30)31)32-24(20)22;/h2-6,15-16H,7-14H2,1H3,(H,30,31);/q;+1/p-1. The van der Waals surface area contributed by atoms with Crippen LogP contribution in [0.15, 0.2) is 46.9 Å². The molecule has 0 N–H and O–H groups in total. The van der Waals surface area contributed by atoms with Crippen LogP contribution >= 0.6 is 0 Å². The number of carbonyl (C=O) groups excluding carboxylic acids is 2. The minimum atomic E-state index is -1.29. The van der Waals surface area contributed by atoms with Crippen LogP contribution < -0.4 is 33.8 Å². The number of hydrogen-bond acceptors (Lipinski definition) is 6. The van der Waals surface area contributed by atoms with Crippen molar-refractivity contribution >= 4 is 34.2 Å². The van der Waals surface area contributed by atoms with Gasteiger partial charge in [0.05, 0.1) is 5.69 Å². The van der Waals surface area contributed by atoms with E-state index in [2.05, 4.69) is 28.0 Å². The molecule has 7 nitrogen and oxygen atoms in total. The van der Waals surface area contributed by atoms with Gasteiger partial charge in [0.1, 0.15) is 5.97 Å². The van der Waals surface area contributed by atoms with Crippen molar-refractivity contribution in [2.75, 3.05) is 49.1 Å². The van der Waals surface area contributed by atoms with Crippen molar-refractivity contribution in [2.45, 2.75) is 19.8 Å². The smallest absolute Gasteiger partial charge is 0.542 e. The summed E-state index contributed by atoms with van der Waals surface area (Å²) >= 11 is 0. The molecular weight excluding hydrogens is 413 g/mol. The molecule has 8 heteroatoms. The summed E-state index contributed by atoms with van der Waals surface area (Å²) in [6.45, 7) is 6.99. The third-order valence-electron chi connectivity index (χ3n) is 6.57. The van der Waals surface area contributed by atoms with Gasteiger partial charge in [0.15, 0.2) is 11.3 Å². The first-order valence-corrected chi connectivity index (χ1v) is 11.1. The van der Waals surface area contributed by atoms with E-state index in [0.717, 1.165) is 68.9 Å². The number of amides is 1. The summed E-state index contributed by atoms with van der Waals surface area (Å²) in [6, 6.07) is 13.8. The van der Waals surface area contributed by atoms with Crippen LogP contribution in [0.5, 0.6) is 0 Å². The summed E-state index contributed by atoms with van der Waals surface area (Å²) < 4.78 is 5.56. The molecule has 0 aliphatic carbocycles. The van der Waals surface area contributed by atoms with E-state index >= 15 is 0 Å². The molecule has 0 saturated carbocycles. The maximum Gasteiger partial charge on any atom is 1.00 e. The Morgan fingerprint density at radius 3 is 2.52 bits per heavy atom. The van der Waals surface area contributed by atoms with Gasteiger partial charge in [0.25, 0.3) is 0 Å². The number of benzene rings is 2. The Kier molecular flexibility index (Phi) is 6.85. The van der Waals surface area contributed by atoms with Crippen molar-refractivity contribution in [1.82, 2.24) is 4.90 Å². The van der Waals surface area contributed by atoms with E-state index in [-0.39, 0.29) is 30.5 Å². The molecule has 1 aromatic heterocycles. The molecule has 0 atom stereocenters. The van der Waals surface area contributed by atoms with Gasteiger partial charge in [-0.3, -0.25) is 9.69 Å². The second-order valence-electron chi connectivity index (χ2n) is 8.56. The van der Waals surface area contributed by atoms with Gasteiger partial charge >= 0.3 is 18.9 Å². The molecule has 1 saturated heterocycles. The van der Waals surface area contributed by atoms with Crippen molar-refractivity contribution in [1.29, 1.82) is 0 Å². The van der Waals surface area contributed by atoms with Crippen molar-refractivity contribution in [3.05, 3.63) is 59.4 Å². The van der Waals surface area contributed by atoms with E-state index in [1.54, 1.807) is 6.92 Å². The molecule has 1 fully saturated rings. The van der Waals surface area contributed by atoms with Gasteiger partial charge in [-0.25, -0.2) is 0 Å². The zero-order valence-electron chi connectivity index (χ0n) is 19.2. The number of aromatic carboxylic acids is 1. The quantitative estimate of drug-likeness (QED) is 0.479. The summed E-state index contributed by atoms with van der Waals surface area (Å²) in [4.78, 5) is 29.5. The Morgan fingerprint density at radius 2 is 1.79 bits per heavy atom. The molecule has 0 radical (unpaired) electrons. The van der Waals surface area contributed by atoms with Crippen LogP contribution in [0.4, 0.5) is 11.4 Å². The molecule has 166 valence electrons. The summed E-state index contributed by atoms with van der Waals surface area (Å²) in [6.07, 6.45) is 1.91. The SMILES string of the molecule is CC(=O)N1CCc2cc(CCN3CCN(c4cccc5cc(C(=O)[O-])oc45)CC3)ccc21.[Li+]. The Morgan fingerprint density at radius 1 is 1.00 bits per heavy atom. The van der Waals surface area contributed by atoms with Gasteiger partial charge in [-0.1, -0.05) is 24.3 Å². The van der Waals surface area contributed by atoms with Gasteiger partial charge < -0.3 is 24.1 Å². The molecule has 1 amide bonds. The fraction of sp³-hybridized carbons (Fsp3) is 0.360. The van der Waals surface area contributed by atoms with Crippen LogP contribution in [0, 0.1) is 0 Å². The zero-order chi connectivity index (χ0) is 22.2. The normalized spacial score (nSPS) is 16.0. The number of fused-ring (bicyclic) bond motifs is 2. The Hall–Kier alpha value is -2.72. The van der Waals surface area contributed by atoms with Crippen LogP contribution in [0.25, 0.3) is 11.0 Å². The number of carbonyl (C=O) groups is 2. The molecule has 3 heterocycles. The average molecular weight is 439 g/mol. The van der Waals surface area contributed by atoms with Gasteiger partial charge in [-0.15, -0.1) is 0 Å². The first-order chi connectivity index (χ1) is 15.5. The summed E-state index contributed by atoms with van der Waals surface area (Å²) in [5, 5.41) is 11.9. The third-order valence-corrected chi connectivity index (χ3v) is 6.57. The monoisotopic (exact) mass is 439 g/mol. The molecule has 2 aliphatic rings. The number of furan rings is 1.